The average Bonchev–Trinajstić information content (AvgIpc) is 2.91. The van der Waals surface area contributed by atoms with Crippen LogP contribution in [0.25, 0.3) is 0 Å². The Morgan fingerprint density at radius 1 is 0.472 bits per heavy atom. The molecule has 0 saturated heterocycles. The lowest BCUT2D eigenvalue weighted by molar-refractivity contribution is -0.129. The minimum Gasteiger partial charge on any atom is -0.349 e. The van der Waals surface area contributed by atoms with Crippen molar-refractivity contribution in [1.29, 1.82) is 0 Å². The van der Waals surface area contributed by atoms with Crippen molar-refractivity contribution < 1.29 is 4.79 Å². The lowest BCUT2D eigenvalue weighted by atomic mass is 9.70. The maximum Gasteiger partial charge on any atom is 0.222 e. The Kier molecular flexibility index (Phi) is 14.9. The van der Waals surface area contributed by atoms with Crippen LogP contribution in [0.4, 0.5) is 0 Å². The standard InChI is InChI=1S/C34H63NO/c1-35(2)34(36)27-29-20-18-19-25-32(30-21-14-10-6-3-4-7-11-15-22-30)28-33(26-29)31-23-16-12-8-5-9-13-17-24-31/h29-33H,3-28H2,1-2H3. The molecule has 3 atom stereocenters. The molecule has 0 bridgehead atoms. The first-order chi connectivity index (χ1) is 17.6. The van der Waals surface area contributed by atoms with Gasteiger partial charge in [0.2, 0.25) is 5.91 Å². The third-order valence-corrected chi connectivity index (χ3v) is 10.5. The van der Waals surface area contributed by atoms with Crippen LogP contribution in [0.15, 0.2) is 0 Å². The summed E-state index contributed by atoms with van der Waals surface area (Å²) in [5, 5.41) is 0. The van der Waals surface area contributed by atoms with Crippen LogP contribution in [0.1, 0.15) is 167 Å². The molecule has 0 aromatic carbocycles. The molecule has 0 spiro atoms. The molecule has 3 saturated carbocycles. The van der Waals surface area contributed by atoms with E-state index in [0.29, 0.717) is 11.8 Å². The predicted molar refractivity (Wildman–Crippen MR) is 156 cm³/mol. The van der Waals surface area contributed by atoms with Crippen molar-refractivity contribution in [2.45, 2.75) is 167 Å². The highest BCUT2D eigenvalue weighted by Gasteiger charge is 2.32. The maximum atomic E-state index is 12.8. The minimum absolute atomic E-state index is 0.365. The van der Waals surface area contributed by atoms with Crippen LogP contribution < -0.4 is 0 Å². The van der Waals surface area contributed by atoms with E-state index in [4.69, 9.17) is 0 Å². The van der Waals surface area contributed by atoms with Crippen molar-refractivity contribution in [1.82, 2.24) is 4.90 Å². The lowest BCUT2D eigenvalue weighted by Crippen LogP contribution is -2.28. The normalized spacial score (nSPS) is 30.2. The van der Waals surface area contributed by atoms with Gasteiger partial charge in [0.05, 0.1) is 0 Å². The quantitative estimate of drug-likeness (QED) is 0.375. The van der Waals surface area contributed by atoms with Gasteiger partial charge in [0.15, 0.2) is 0 Å². The molecule has 36 heavy (non-hydrogen) atoms. The van der Waals surface area contributed by atoms with E-state index < -0.39 is 0 Å². The number of amides is 1. The highest BCUT2D eigenvalue weighted by Crippen LogP contribution is 2.43. The number of carbonyl (C=O) groups is 1. The third-order valence-electron chi connectivity index (χ3n) is 10.5. The van der Waals surface area contributed by atoms with E-state index in [-0.39, 0.29) is 0 Å². The fourth-order valence-corrected chi connectivity index (χ4v) is 8.22. The zero-order chi connectivity index (χ0) is 25.4. The van der Waals surface area contributed by atoms with Crippen molar-refractivity contribution in [3.8, 4) is 0 Å². The topological polar surface area (TPSA) is 20.3 Å². The molecule has 3 aliphatic carbocycles. The Balaban J connectivity index is 1.75. The van der Waals surface area contributed by atoms with Gasteiger partial charge < -0.3 is 4.90 Å². The highest BCUT2D eigenvalue weighted by atomic mass is 16.2. The molecule has 3 fully saturated rings. The van der Waals surface area contributed by atoms with Gasteiger partial charge >= 0.3 is 0 Å². The van der Waals surface area contributed by atoms with Crippen molar-refractivity contribution in [2.75, 3.05) is 14.1 Å². The molecular formula is C34H63NO. The highest BCUT2D eigenvalue weighted by molar-refractivity contribution is 5.75. The van der Waals surface area contributed by atoms with Crippen LogP contribution in [0.5, 0.6) is 0 Å². The van der Waals surface area contributed by atoms with Crippen molar-refractivity contribution in [2.24, 2.45) is 29.6 Å². The zero-order valence-electron chi connectivity index (χ0n) is 24.6. The van der Waals surface area contributed by atoms with Crippen molar-refractivity contribution in [3.05, 3.63) is 0 Å². The molecule has 3 rings (SSSR count). The molecule has 2 heteroatoms. The van der Waals surface area contributed by atoms with Gasteiger partial charge in [0.25, 0.3) is 0 Å². The van der Waals surface area contributed by atoms with Gasteiger partial charge in [-0.3, -0.25) is 4.79 Å². The van der Waals surface area contributed by atoms with Crippen LogP contribution in [0, 0.1) is 29.6 Å². The smallest absolute Gasteiger partial charge is 0.222 e. The molecule has 2 nitrogen and oxygen atoms in total. The van der Waals surface area contributed by atoms with Gasteiger partial charge in [-0.05, 0) is 48.9 Å². The molecule has 0 heterocycles. The SMILES string of the molecule is CN(C)C(=O)CC1CCCCC(C2CCCCCCCCCC2)CC(C2CCCCCCCCC2)C1. The summed E-state index contributed by atoms with van der Waals surface area (Å²) in [5.41, 5.74) is 0. The summed E-state index contributed by atoms with van der Waals surface area (Å²) in [7, 11) is 3.90. The molecule has 3 unspecified atom stereocenters. The zero-order valence-corrected chi connectivity index (χ0v) is 24.6. The second-order valence-corrected chi connectivity index (χ2v) is 13.6. The number of rotatable bonds is 4. The average molecular weight is 502 g/mol. The Labute approximate surface area is 226 Å². The van der Waals surface area contributed by atoms with Gasteiger partial charge in [-0.2, -0.15) is 0 Å². The Hall–Kier alpha value is -0.530. The van der Waals surface area contributed by atoms with Gasteiger partial charge in [0.1, 0.15) is 0 Å². The van der Waals surface area contributed by atoms with Gasteiger partial charge in [-0.15, -0.1) is 0 Å². The van der Waals surface area contributed by atoms with Gasteiger partial charge in [0, 0.05) is 20.5 Å². The van der Waals surface area contributed by atoms with E-state index >= 15 is 0 Å². The van der Waals surface area contributed by atoms with E-state index in [1.54, 1.807) is 0 Å². The van der Waals surface area contributed by atoms with Crippen LogP contribution in [0.3, 0.4) is 0 Å². The van der Waals surface area contributed by atoms with E-state index in [1.165, 1.54) is 161 Å². The number of nitrogens with zero attached hydrogens (tertiary/aromatic N) is 1. The number of carbonyl (C=O) groups excluding carboxylic acids is 1. The number of hydrogen-bond acceptors (Lipinski definition) is 1. The van der Waals surface area contributed by atoms with Crippen molar-refractivity contribution >= 4 is 5.91 Å². The first kappa shape index (κ1) is 30.0. The third kappa shape index (κ3) is 11.5. The summed E-state index contributed by atoms with van der Waals surface area (Å²) in [6, 6.07) is 0. The minimum atomic E-state index is 0.365. The fourth-order valence-electron chi connectivity index (χ4n) is 8.22. The summed E-state index contributed by atoms with van der Waals surface area (Å²) >= 11 is 0. The second-order valence-electron chi connectivity index (χ2n) is 13.6. The Morgan fingerprint density at radius 2 is 0.833 bits per heavy atom. The molecule has 0 aliphatic heterocycles. The van der Waals surface area contributed by atoms with Crippen LogP contribution in [-0.4, -0.2) is 24.9 Å². The molecule has 0 N–H and O–H groups in total. The molecule has 0 aromatic heterocycles. The predicted octanol–water partition coefficient (Wildman–Crippen LogP) is 10.3. The van der Waals surface area contributed by atoms with Crippen LogP contribution >= 0.6 is 0 Å². The molecule has 3 aliphatic rings. The summed E-state index contributed by atoms with van der Waals surface area (Å²) in [4.78, 5) is 14.6. The fraction of sp³-hybridized carbons (Fsp3) is 0.971. The summed E-state index contributed by atoms with van der Waals surface area (Å²) in [6.45, 7) is 0. The Bertz CT molecular complexity index is 550. The number of hydrogen-bond donors (Lipinski definition) is 0. The van der Waals surface area contributed by atoms with E-state index in [9.17, 15) is 4.79 Å². The van der Waals surface area contributed by atoms with Gasteiger partial charge in [-0.25, -0.2) is 0 Å². The van der Waals surface area contributed by atoms with E-state index in [1.807, 2.05) is 19.0 Å². The lowest BCUT2D eigenvalue weighted by Gasteiger charge is -2.36. The molecule has 0 aromatic rings. The summed E-state index contributed by atoms with van der Waals surface area (Å²) in [6.07, 6.45) is 37.1. The van der Waals surface area contributed by atoms with Gasteiger partial charge in [-0.1, -0.05) is 141 Å². The first-order valence-electron chi connectivity index (χ1n) is 16.8. The van der Waals surface area contributed by atoms with E-state index in [2.05, 4.69) is 0 Å². The van der Waals surface area contributed by atoms with Crippen molar-refractivity contribution in [3.63, 3.8) is 0 Å². The molecule has 210 valence electrons. The molecular weight excluding hydrogens is 438 g/mol. The maximum absolute atomic E-state index is 12.8. The molecule has 0 radical (unpaired) electrons. The van der Waals surface area contributed by atoms with E-state index in [0.717, 1.165) is 30.1 Å². The summed E-state index contributed by atoms with van der Waals surface area (Å²) < 4.78 is 0. The second kappa shape index (κ2) is 17.9. The summed E-state index contributed by atoms with van der Waals surface area (Å²) in [5.74, 6) is 4.70. The first-order valence-corrected chi connectivity index (χ1v) is 16.8. The largest absolute Gasteiger partial charge is 0.349 e. The van der Waals surface area contributed by atoms with Crippen LogP contribution in [0.2, 0.25) is 0 Å². The Morgan fingerprint density at radius 3 is 1.31 bits per heavy atom. The monoisotopic (exact) mass is 501 g/mol. The van der Waals surface area contributed by atoms with Crippen LogP contribution in [-0.2, 0) is 4.79 Å². The molecule has 1 amide bonds.